The van der Waals surface area contributed by atoms with E-state index >= 15 is 0 Å². The van der Waals surface area contributed by atoms with Crippen LogP contribution in [0.25, 0.3) is 0 Å². The zero-order valence-corrected chi connectivity index (χ0v) is 14.2. The number of nitrogens with zero attached hydrogens (tertiary/aromatic N) is 4. The van der Waals surface area contributed by atoms with E-state index in [-0.39, 0.29) is 12.1 Å². The van der Waals surface area contributed by atoms with E-state index in [1.807, 2.05) is 13.8 Å². The highest BCUT2D eigenvalue weighted by molar-refractivity contribution is 5.22. The third-order valence-corrected chi connectivity index (χ3v) is 4.76. The van der Waals surface area contributed by atoms with E-state index in [1.54, 1.807) is 6.92 Å². The summed E-state index contributed by atoms with van der Waals surface area (Å²) in [6.45, 7) is 9.04. The first-order valence-corrected chi connectivity index (χ1v) is 8.18. The Hall–Kier alpha value is -1.86. The number of halogens is 2. The molecule has 0 unspecified atom stereocenters. The lowest BCUT2D eigenvalue weighted by Crippen LogP contribution is -2.47. The third kappa shape index (κ3) is 3.47. The number of piperazine rings is 1. The number of aromatic nitrogens is 2. The van der Waals surface area contributed by atoms with E-state index < -0.39 is 11.6 Å². The molecule has 1 aromatic carbocycles. The van der Waals surface area contributed by atoms with Gasteiger partial charge in [0.2, 0.25) is 11.8 Å². The Kier molecular flexibility index (Phi) is 4.91. The van der Waals surface area contributed by atoms with E-state index in [4.69, 9.17) is 4.42 Å². The second kappa shape index (κ2) is 6.94. The van der Waals surface area contributed by atoms with Crippen molar-refractivity contribution in [3.05, 3.63) is 47.2 Å². The van der Waals surface area contributed by atoms with Crippen LogP contribution in [0.1, 0.15) is 43.3 Å². The average Bonchev–Trinajstić information content (AvgIpc) is 3.00. The van der Waals surface area contributed by atoms with Crippen LogP contribution < -0.4 is 0 Å². The van der Waals surface area contributed by atoms with E-state index in [0.29, 0.717) is 17.3 Å². The molecule has 2 aromatic rings. The molecule has 5 nitrogen and oxygen atoms in total. The van der Waals surface area contributed by atoms with Gasteiger partial charge in [0, 0.05) is 50.8 Å². The number of rotatable bonds is 4. The molecule has 0 aliphatic carbocycles. The van der Waals surface area contributed by atoms with E-state index in [0.717, 1.165) is 32.2 Å². The first-order valence-electron chi connectivity index (χ1n) is 8.18. The van der Waals surface area contributed by atoms with Gasteiger partial charge in [0.15, 0.2) is 0 Å². The van der Waals surface area contributed by atoms with Crippen molar-refractivity contribution in [2.24, 2.45) is 0 Å². The maximum Gasteiger partial charge on any atom is 0.233 e. The van der Waals surface area contributed by atoms with E-state index in [1.165, 1.54) is 12.1 Å². The van der Waals surface area contributed by atoms with Crippen molar-refractivity contribution in [1.82, 2.24) is 20.0 Å². The Morgan fingerprint density at radius 2 is 1.62 bits per heavy atom. The lowest BCUT2D eigenvalue weighted by Gasteiger charge is -2.39. The first kappa shape index (κ1) is 17.0. The molecule has 1 aliphatic rings. The van der Waals surface area contributed by atoms with Crippen molar-refractivity contribution in [1.29, 1.82) is 0 Å². The molecule has 0 N–H and O–H groups in total. The monoisotopic (exact) mass is 336 g/mol. The minimum absolute atomic E-state index is 0.0613. The second-order valence-corrected chi connectivity index (χ2v) is 6.25. The van der Waals surface area contributed by atoms with Crippen LogP contribution in [0.15, 0.2) is 22.6 Å². The van der Waals surface area contributed by atoms with Crippen LogP contribution in [0.2, 0.25) is 0 Å². The van der Waals surface area contributed by atoms with Crippen molar-refractivity contribution < 1.29 is 13.2 Å². The summed E-state index contributed by atoms with van der Waals surface area (Å²) < 4.78 is 32.6. The fourth-order valence-corrected chi connectivity index (χ4v) is 3.19. The fourth-order valence-electron chi connectivity index (χ4n) is 3.19. The molecule has 0 amide bonds. The van der Waals surface area contributed by atoms with Gasteiger partial charge in [0.25, 0.3) is 0 Å². The zero-order valence-electron chi connectivity index (χ0n) is 14.2. The molecule has 1 fully saturated rings. The maximum absolute atomic E-state index is 14.0. The Balaban J connectivity index is 1.62. The van der Waals surface area contributed by atoms with Gasteiger partial charge in [-0.25, -0.2) is 8.78 Å². The van der Waals surface area contributed by atoms with Crippen LogP contribution in [0, 0.1) is 18.6 Å². The molecule has 1 aliphatic heterocycles. The molecule has 0 bridgehead atoms. The van der Waals surface area contributed by atoms with Gasteiger partial charge >= 0.3 is 0 Å². The SMILES string of the molecule is Cc1nnc([C@H](C)N2CCN([C@H](C)c3ccc(F)cc3F)CC2)o1. The van der Waals surface area contributed by atoms with Crippen LogP contribution in [0.3, 0.4) is 0 Å². The summed E-state index contributed by atoms with van der Waals surface area (Å²) >= 11 is 0. The molecular weight excluding hydrogens is 314 g/mol. The minimum atomic E-state index is -0.544. The van der Waals surface area contributed by atoms with Crippen molar-refractivity contribution in [3.8, 4) is 0 Å². The predicted molar refractivity (Wildman–Crippen MR) is 85.4 cm³/mol. The van der Waals surface area contributed by atoms with Crippen LogP contribution in [0.5, 0.6) is 0 Å². The summed E-state index contributed by atoms with van der Waals surface area (Å²) in [5, 5.41) is 7.96. The molecule has 2 atom stereocenters. The van der Waals surface area contributed by atoms with E-state index in [9.17, 15) is 8.78 Å². The van der Waals surface area contributed by atoms with Crippen molar-refractivity contribution in [2.45, 2.75) is 32.9 Å². The second-order valence-electron chi connectivity index (χ2n) is 6.25. The van der Waals surface area contributed by atoms with Crippen LogP contribution in [-0.4, -0.2) is 46.2 Å². The van der Waals surface area contributed by atoms with Gasteiger partial charge in [-0.15, -0.1) is 10.2 Å². The van der Waals surface area contributed by atoms with Gasteiger partial charge in [-0.05, 0) is 19.9 Å². The molecular formula is C17H22F2N4O. The lowest BCUT2D eigenvalue weighted by molar-refractivity contribution is 0.0687. The van der Waals surface area contributed by atoms with Gasteiger partial charge in [0.1, 0.15) is 11.6 Å². The van der Waals surface area contributed by atoms with Gasteiger partial charge in [0.05, 0.1) is 6.04 Å². The highest BCUT2D eigenvalue weighted by Gasteiger charge is 2.28. The summed E-state index contributed by atoms with van der Waals surface area (Å²) in [6, 6.07) is 3.76. The molecule has 24 heavy (non-hydrogen) atoms. The summed E-state index contributed by atoms with van der Waals surface area (Å²) in [4.78, 5) is 4.48. The lowest BCUT2D eigenvalue weighted by atomic mass is 10.0. The summed E-state index contributed by atoms with van der Waals surface area (Å²) in [5.41, 5.74) is 0.533. The Labute approximate surface area is 140 Å². The van der Waals surface area contributed by atoms with Gasteiger partial charge in [-0.3, -0.25) is 9.80 Å². The topological polar surface area (TPSA) is 45.4 Å². The van der Waals surface area contributed by atoms with Gasteiger partial charge in [-0.2, -0.15) is 0 Å². The minimum Gasteiger partial charge on any atom is -0.424 e. The van der Waals surface area contributed by atoms with E-state index in [2.05, 4.69) is 20.0 Å². The van der Waals surface area contributed by atoms with Gasteiger partial charge in [-0.1, -0.05) is 6.07 Å². The predicted octanol–water partition coefficient (Wildman–Crippen LogP) is 3.10. The molecule has 0 radical (unpaired) electrons. The fraction of sp³-hybridized carbons (Fsp3) is 0.529. The van der Waals surface area contributed by atoms with Crippen LogP contribution >= 0.6 is 0 Å². The maximum atomic E-state index is 14.0. The smallest absolute Gasteiger partial charge is 0.233 e. The van der Waals surface area contributed by atoms with Crippen molar-refractivity contribution in [3.63, 3.8) is 0 Å². The largest absolute Gasteiger partial charge is 0.424 e. The molecule has 0 saturated carbocycles. The molecule has 1 aromatic heterocycles. The molecule has 7 heteroatoms. The highest BCUT2D eigenvalue weighted by atomic mass is 19.1. The van der Waals surface area contributed by atoms with Crippen LogP contribution in [-0.2, 0) is 0 Å². The molecule has 3 rings (SSSR count). The molecule has 1 saturated heterocycles. The number of hydrogen-bond acceptors (Lipinski definition) is 5. The van der Waals surface area contributed by atoms with Crippen molar-refractivity contribution >= 4 is 0 Å². The normalized spacial score (nSPS) is 19.4. The molecule has 130 valence electrons. The number of hydrogen-bond donors (Lipinski definition) is 0. The first-order chi connectivity index (χ1) is 11.5. The standard InChI is InChI=1S/C17H22F2N4O/c1-11(15-5-4-14(18)10-16(15)19)22-6-8-23(9-7-22)12(2)17-21-20-13(3)24-17/h4-5,10-12H,6-9H2,1-3H3/t11-,12+/m1/s1. The zero-order chi connectivity index (χ0) is 17.3. The Morgan fingerprint density at radius 1 is 1.00 bits per heavy atom. The summed E-state index contributed by atoms with van der Waals surface area (Å²) in [5.74, 6) is 0.158. The highest BCUT2D eigenvalue weighted by Crippen LogP contribution is 2.27. The third-order valence-electron chi connectivity index (χ3n) is 4.76. The summed E-state index contributed by atoms with van der Waals surface area (Å²) in [7, 11) is 0. The van der Waals surface area contributed by atoms with Crippen molar-refractivity contribution in [2.75, 3.05) is 26.2 Å². The average molecular weight is 336 g/mol. The Morgan fingerprint density at radius 3 is 2.17 bits per heavy atom. The molecule has 0 spiro atoms. The van der Waals surface area contributed by atoms with Crippen LogP contribution in [0.4, 0.5) is 8.78 Å². The Bertz CT molecular complexity index is 698. The number of benzene rings is 1. The molecule has 2 heterocycles. The quantitative estimate of drug-likeness (QED) is 0.858. The van der Waals surface area contributed by atoms with Gasteiger partial charge < -0.3 is 4.42 Å². The number of aryl methyl sites for hydroxylation is 1. The summed E-state index contributed by atoms with van der Waals surface area (Å²) in [6.07, 6.45) is 0.